The van der Waals surface area contributed by atoms with Crippen molar-refractivity contribution in [2.24, 2.45) is 0 Å². The molecule has 4 aromatic rings. The molecule has 3 heteroatoms. The number of benzene rings is 4. The molecule has 0 saturated heterocycles. The van der Waals surface area contributed by atoms with Crippen molar-refractivity contribution < 1.29 is 9.90 Å². The van der Waals surface area contributed by atoms with Gasteiger partial charge in [-0.05, 0) is 0 Å². The van der Waals surface area contributed by atoms with Crippen molar-refractivity contribution in [3.63, 3.8) is 0 Å². The molecule has 1 N–H and O–H groups in total. The van der Waals surface area contributed by atoms with Gasteiger partial charge in [-0.1, -0.05) is 0 Å². The van der Waals surface area contributed by atoms with Crippen LogP contribution in [0.15, 0.2) is 97.1 Å². The van der Waals surface area contributed by atoms with Gasteiger partial charge in [0.25, 0.3) is 0 Å². The van der Waals surface area contributed by atoms with Crippen molar-refractivity contribution in [2.75, 3.05) is 0 Å². The van der Waals surface area contributed by atoms with Crippen LogP contribution in [0.4, 0.5) is 0 Å². The Balaban J connectivity index is 2.16. The van der Waals surface area contributed by atoms with Crippen molar-refractivity contribution in [3.8, 4) is 0 Å². The second-order valence-corrected chi connectivity index (χ2v) is 17.9. The zero-order valence-corrected chi connectivity index (χ0v) is 22.5. The Kier molecular flexibility index (Phi) is 7.09. The normalized spacial score (nSPS) is 12.4. The third-order valence-corrected chi connectivity index (χ3v) is 18.1. The molecule has 1 atom stereocenters. The van der Waals surface area contributed by atoms with Crippen LogP contribution in [0.25, 0.3) is 0 Å². The first-order valence-corrected chi connectivity index (χ1v) is 16.2. The Morgan fingerprint density at radius 2 is 1.03 bits per heavy atom. The van der Waals surface area contributed by atoms with Crippen molar-refractivity contribution >= 4 is 32.4 Å². The second kappa shape index (κ2) is 10.0. The van der Waals surface area contributed by atoms with Crippen molar-refractivity contribution in [1.82, 2.24) is 0 Å². The van der Waals surface area contributed by atoms with E-state index in [1.807, 2.05) is 12.1 Å². The van der Waals surface area contributed by atoms with Crippen LogP contribution in [0.5, 0.6) is 0 Å². The molecule has 34 heavy (non-hydrogen) atoms. The van der Waals surface area contributed by atoms with Crippen LogP contribution in [0.2, 0.25) is 0 Å². The van der Waals surface area contributed by atoms with E-state index in [0.717, 1.165) is 11.1 Å². The zero-order chi connectivity index (χ0) is 24.3. The van der Waals surface area contributed by atoms with Gasteiger partial charge in [-0.2, -0.15) is 0 Å². The monoisotopic (exact) mass is 510 g/mol. The minimum atomic E-state index is -3.59. The van der Waals surface area contributed by atoms with Crippen LogP contribution in [0.3, 0.4) is 0 Å². The van der Waals surface area contributed by atoms with Crippen LogP contribution in [0, 0.1) is 27.7 Å². The summed E-state index contributed by atoms with van der Waals surface area (Å²) in [6, 6.07) is 34.9. The predicted molar refractivity (Wildman–Crippen MR) is 144 cm³/mol. The van der Waals surface area contributed by atoms with Crippen LogP contribution < -0.4 is 13.2 Å². The Morgan fingerprint density at radius 3 is 1.38 bits per heavy atom. The molecular weight excluding hydrogens is 477 g/mol. The Morgan fingerprint density at radius 1 is 0.647 bits per heavy atom. The zero-order valence-electron chi connectivity index (χ0n) is 20.4. The molecule has 4 aromatic carbocycles. The first kappa shape index (κ1) is 24.0. The summed E-state index contributed by atoms with van der Waals surface area (Å²) in [6.07, 6.45) is 0.0977. The van der Waals surface area contributed by atoms with Gasteiger partial charge in [-0.25, -0.2) is 0 Å². The molecule has 0 aliphatic rings. The van der Waals surface area contributed by atoms with Gasteiger partial charge in [0.05, 0.1) is 0 Å². The number of aliphatic carboxylic acids is 1. The number of hydrogen-bond donors (Lipinski definition) is 1. The van der Waals surface area contributed by atoms with E-state index >= 15 is 0 Å². The quantitative estimate of drug-likeness (QED) is 0.349. The summed E-state index contributed by atoms with van der Waals surface area (Å²) < 4.78 is 3.74. The minimum absolute atomic E-state index is 0.0977. The molecule has 4 rings (SSSR count). The van der Waals surface area contributed by atoms with E-state index < -0.39 is 19.2 Å². The maximum absolute atomic E-state index is 12.4. The molecule has 172 valence electrons. The SMILES string of the molecule is Cc1cc[c]([Ge]([c]2ccc(C)cc2)([c]2ccc(C)cc2)[CH](CC(=O)O)c2ccccc2C)cc1. The van der Waals surface area contributed by atoms with E-state index in [9.17, 15) is 9.90 Å². The molecule has 0 amide bonds. The average molecular weight is 509 g/mol. The summed E-state index contributed by atoms with van der Waals surface area (Å²) in [5.41, 5.74) is 5.91. The van der Waals surface area contributed by atoms with Crippen LogP contribution in [-0.4, -0.2) is 24.3 Å². The van der Waals surface area contributed by atoms with Crippen LogP contribution >= 0.6 is 0 Å². The molecule has 0 radical (unpaired) electrons. The summed E-state index contributed by atoms with van der Waals surface area (Å²) in [7, 11) is 0. The number of carbonyl (C=O) groups is 1. The molecule has 0 aromatic heterocycles. The summed E-state index contributed by atoms with van der Waals surface area (Å²) in [6.45, 7) is 8.42. The van der Waals surface area contributed by atoms with Crippen LogP contribution in [-0.2, 0) is 4.79 Å². The van der Waals surface area contributed by atoms with Gasteiger partial charge in [0.15, 0.2) is 0 Å². The molecule has 0 bridgehead atoms. The van der Waals surface area contributed by atoms with Gasteiger partial charge < -0.3 is 0 Å². The molecular formula is C31H32GeO2. The van der Waals surface area contributed by atoms with E-state index in [1.165, 1.54) is 29.9 Å². The molecule has 0 fully saturated rings. The summed E-state index contributed by atoms with van der Waals surface area (Å²) in [4.78, 5) is 12.4. The van der Waals surface area contributed by atoms with Crippen molar-refractivity contribution in [3.05, 3.63) is 125 Å². The number of rotatable bonds is 7. The number of hydrogen-bond acceptors (Lipinski definition) is 1. The first-order chi connectivity index (χ1) is 16.3. The molecule has 0 aliphatic heterocycles. The van der Waals surface area contributed by atoms with Gasteiger partial charge >= 0.3 is 206 Å². The number of aryl methyl sites for hydroxylation is 4. The summed E-state index contributed by atoms with van der Waals surface area (Å²) in [5.74, 6) is -0.755. The van der Waals surface area contributed by atoms with E-state index in [4.69, 9.17) is 0 Å². The van der Waals surface area contributed by atoms with Crippen molar-refractivity contribution in [1.29, 1.82) is 0 Å². The predicted octanol–water partition coefficient (Wildman–Crippen LogP) is 5.19. The topological polar surface area (TPSA) is 37.3 Å². The molecule has 0 aliphatic carbocycles. The van der Waals surface area contributed by atoms with Gasteiger partial charge in [-0.15, -0.1) is 0 Å². The van der Waals surface area contributed by atoms with Crippen molar-refractivity contribution in [2.45, 2.75) is 38.9 Å². The van der Waals surface area contributed by atoms with Gasteiger partial charge in [0.1, 0.15) is 0 Å². The van der Waals surface area contributed by atoms with Gasteiger partial charge in [0.2, 0.25) is 0 Å². The second-order valence-electron chi connectivity index (χ2n) is 9.41. The fraction of sp³-hybridized carbons (Fsp3) is 0.194. The molecule has 0 spiro atoms. The third kappa shape index (κ3) is 4.60. The standard InChI is InChI=1S/C31H32GeO2/c1-22-9-15-26(16-10-22)32(27-17-11-23(2)12-18-27,28-19-13-24(3)14-20-28)30(21-31(33)34)29-8-6-5-7-25(29)4/h5-20,30H,21H2,1-4H3,(H,33,34). The molecule has 0 saturated carbocycles. The number of carboxylic acid groups (broad SMARTS) is 1. The van der Waals surface area contributed by atoms with Gasteiger partial charge in [0, 0.05) is 0 Å². The summed E-state index contributed by atoms with van der Waals surface area (Å²) >= 11 is -3.59. The Labute approximate surface area is 205 Å². The molecule has 0 heterocycles. The van der Waals surface area contributed by atoms with E-state index in [2.05, 4.69) is 113 Å². The van der Waals surface area contributed by atoms with E-state index in [-0.39, 0.29) is 11.2 Å². The van der Waals surface area contributed by atoms with E-state index in [1.54, 1.807) is 0 Å². The first-order valence-electron chi connectivity index (χ1n) is 11.8. The fourth-order valence-corrected chi connectivity index (χ4v) is 16.9. The van der Waals surface area contributed by atoms with Gasteiger partial charge in [-0.3, -0.25) is 0 Å². The molecule has 1 unspecified atom stereocenters. The Hall–Kier alpha value is -3.11. The number of carboxylic acids is 1. The fourth-order valence-electron chi connectivity index (χ4n) is 5.20. The average Bonchev–Trinajstić information content (AvgIpc) is 2.82. The third-order valence-electron chi connectivity index (χ3n) is 6.99. The molecule has 2 nitrogen and oxygen atoms in total. The summed E-state index contributed by atoms with van der Waals surface area (Å²) in [5, 5.41) is 10.2. The maximum atomic E-state index is 12.4. The van der Waals surface area contributed by atoms with Crippen LogP contribution in [0.1, 0.15) is 39.0 Å². The van der Waals surface area contributed by atoms with E-state index in [0.29, 0.717) is 0 Å². The Bertz CT molecular complexity index is 1160.